The van der Waals surface area contributed by atoms with Crippen molar-refractivity contribution in [2.24, 2.45) is 0 Å². The van der Waals surface area contributed by atoms with Gasteiger partial charge in [0.1, 0.15) is 0 Å². The summed E-state index contributed by atoms with van der Waals surface area (Å²) in [6.45, 7) is 1.44. The molecule has 21 heavy (non-hydrogen) atoms. The summed E-state index contributed by atoms with van der Waals surface area (Å²) in [4.78, 5) is 19.4. The highest BCUT2D eigenvalue weighted by molar-refractivity contribution is 9.10. The van der Waals surface area contributed by atoms with Crippen molar-refractivity contribution < 1.29 is 0 Å². The zero-order valence-corrected chi connectivity index (χ0v) is 13.9. The molecule has 3 rings (SSSR count). The minimum Gasteiger partial charge on any atom is -0.296 e. The van der Waals surface area contributed by atoms with Crippen LogP contribution in [0.25, 0.3) is 4.96 Å². The number of halogens is 1. The average Bonchev–Trinajstić information content (AvgIpc) is 2.90. The number of aromatic nitrogens is 2. The van der Waals surface area contributed by atoms with Crippen LogP contribution in [0.15, 0.2) is 51.2 Å². The van der Waals surface area contributed by atoms with E-state index in [1.54, 1.807) is 16.7 Å². The van der Waals surface area contributed by atoms with Gasteiger partial charge in [-0.3, -0.25) is 14.1 Å². The van der Waals surface area contributed by atoms with Crippen LogP contribution in [0.5, 0.6) is 0 Å². The number of rotatable bonds is 4. The van der Waals surface area contributed by atoms with E-state index in [9.17, 15) is 4.79 Å². The molecule has 1 aromatic carbocycles. The molecule has 6 heteroatoms. The van der Waals surface area contributed by atoms with Gasteiger partial charge in [-0.25, -0.2) is 4.98 Å². The highest BCUT2D eigenvalue weighted by Crippen LogP contribution is 2.18. The Hall–Kier alpha value is -1.50. The minimum absolute atomic E-state index is 0.0226. The predicted octanol–water partition coefficient (Wildman–Crippen LogP) is 3.15. The van der Waals surface area contributed by atoms with Gasteiger partial charge in [0.25, 0.3) is 5.56 Å². The Balaban J connectivity index is 1.78. The first-order valence-electron chi connectivity index (χ1n) is 6.51. The molecule has 0 bridgehead atoms. The van der Waals surface area contributed by atoms with E-state index in [0.717, 1.165) is 21.7 Å². The fourth-order valence-corrected chi connectivity index (χ4v) is 3.37. The van der Waals surface area contributed by atoms with Gasteiger partial charge in [0.2, 0.25) is 0 Å². The molecule has 0 fully saturated rings. The maximum Gasteiger partial charge on any atom is 0.258 e. The first kappa shape index (κ1) is 14.4. The highest BCUT2D eigenvalue weighted by Gasteiger charge is 2.08. The zero-order valence-electron chi connectivity index (χ0n) is 11.5. The number of fused-ring (bicyclic) bond motifs is 1. The van der Waals surface area contributed by atoms with E-state index in [2.05, 4.69) is 31.9 Å². The van der Waals surface area contributed by atoms with Gasteiger partial charge < -0.3 is 0 Å². The first-order valence-corrected chi connectivity index (χ1v) is 8.18. The lowest BCUT2D eigenvalue weighted by molar-refractivity contribution is 0.314. The van der Waals surface area contributed by atoms with Gasteiger partial charge >= 0.3 is 0 Å². The van der Waals surface area contributed by atoms with Crippen LogP contribution in [0.4, 0.5) is 0 Å². The topological polar surface area (TPSA) is 37.6 Å². The molecule has 2 heterocycles. The summed E-state index contributed by atoms with van der Waals surface area (Å²) in [7, 11) is 2.03. The Kier molecular flexibility index (Phi) is 4.19. The molecule has 0 atom stereocenters. The molecule has 0 saturated carbocycles. The maximum atomic E-state index is 12.0. The molecule has 2 aromatic heterocycles. The van der Waals surface area contributed by atoms with Crippen LogP contribution in [-0.2, 0) is 13.1 Å². The van der Waals surface area contributed by atoms with Crippen molar-refractivity contribution >= 4 is 32.2 Å². The molecule has 0 N–H and O–H groups in total. The number of thiazole rings is 1. The summed E-state index contributed by atoms with van der Waals surface area (Å²) in [5, 5.41) is 1.87. The minimum atomic E-state index is -0.0226. The van der Waals surface area contributed by atoms with Crippen LogP contribution in [0, 0.1) is 0 Å². The summed E-state index contributed by atoms with van der Waals surface area (Å²) in [5.41, 5.74) is 2.00. The van der Waals surface area contributed by atoms with Crippen LogP contribution in [-0.4, -0.2) is 21.3 Å². The summed E-state index contributed by atoms with van der Waals surface area (Å²) in [5.74, 6) is 0. The normalized spacial score (nSPS) is 11.4. The summed E-state index contributed by atoms with van der Waals surface area (Å²) in [6.07, 6.45) is 1.75. The average molecular weight is 364 g/mol. The van der Waals surface area contributed by atoms with E-state index >= 15 is 0 Å². The Morgan fingerprint density at radius 2 is 2.14 bits per heavy atom. The van der Waals surface area contributed by atoms with Crippen molar-refractivity contribution in [1.29, 1.82) is 0 Å². The van der Waals surface area contributed by atoms with Crippen molar-refractivity contribution in [1.82, 2.24) is 14.3 Å². The lowest BCUT2D eigenvalue weighted by Gasteiger charge is -2.17. The first-order chi connectivity index (χ1) is 10.1. The van der Waals surface area contributed by atoms with E-state index in [1.807, 2.05) is 30.6 Å². The van der Waals surface area contributed by atoms with Crippen molar-refractivity contribution in [3.8, 4) is 0 Å². The fraction of sp³-hybridized carbons (Fsp3) is 0.200. The van der Waals surface area contributed by atoms with Gasteiger partial charge in [-0.15, -0.1) is 11.3 Å². The standard InChI is InChI=1S/C15H14BrN3OS/c1-18(9-11-4-2-3-5-13(11)16)10-12-8-14(20)19-6-7-21-15(19)17-12/h2-8H,9-10H2,1H3. The third-order valence-electron chi connectivity index (χ3n) is 3.19. The van der Waals surface area contributed by atoms with E-state index in [0.29, 0.717) is 6.54 Å². The summed E-state index contributed by atoms with van der Waals surface area (Å²) in [6, 6.07) is 9.75. The molecular weight excluding hydrogens is 350 g/mol. The Labute approximate surface area is 134 Å². The SMILES string of the molecule is CN(Cc1cc(=O)n2ccsc2n1)Cc1ccccc1Br. The molecule has 0 aliphatic heterocycles. The monoisotopic (exact) mass is 363 g/mol. The van der Waals surface area contributed by atoms with Crippen LogP contribution in [0.1, 0.15) is 11.3 Å². The van der Waals surface area contributed by atoms with Gasteiger partial charge in [0.05, 0.1) is 5.69 Å². The quantitative estimate of drug-likeness (QED) is 0.714. The largest absolute Gasteiger partial charge is 0.296 e. The van der Waals surface area contributed by atoms with Crippen molar-refractivity contribution in [2.45, 2.75) is 13.1 Å². The molecule has 4 nitrogen and oxygen atoms in total. The Bertz CT molecular complexity index is 827. The number of hydrogen-bond acceptors (Lipinski definition) is 4. The van der Waals surface area contributed by atoms with E-state index in [4.69, 9.17) is 0 Å². The molecule has 108 valence electrons. The number of nitrogens with zero attached hydrogens (tertiary/aromatic N) is 3. The van der Waals surface area contributed by atoms with Gasteiger partial charge in [-0.2, -0.15) is 0 Å². The second-order valence-corrected chi connectivity index (χ2v) is 6.63. The highest BCUT2D eigenvalue weighted by atomic mass is 79.9. The Morgan fingerprint density at radius 3 is 2.95 bits per heavy atom. The molecule has 0 aliphatic rings. The van der Waals surface area contributed by atoms with Crippen LogP contribution < -0.4 is 5.56 Å². The third kappa shape index (κ3) is 3.23. The molecule has 0 aliphatic carbocycles. The summed E-state index contributed by atoms with van der Waals surface area (Å²) >= 11 is 5.03. The van der Waals surface area contributed by atoms with Gasteiger partial charge in [-0.05, 0) is 18.7 Å². The lowest BCUT2D eigenvalue weighted by Crippen LogP contribution is -2.21. The summed E-state index contributed by atoms with van der Waals surface area (Å²) < 4.78 is 2.67. The fourth-order valence-electron chi connectivity index (χ4n) is 2.22. The van der Waals surface area contributed by atoms with Crippen LogP contribution in [0.2, 0.25) is 0 Å². The van der Waals surface area contributed by atoms with Gasteiger partial charge in [-0.1, -0.05) is 34.1 Å². The molecule has 0 unspecified atom stereocenters. The smallest absolute Gasteiger partial charge is 0.258 e. The van der Waals surface area contributed by atoms with Gasteiger partial charge in [0, 0.05) is 35.2 Å². The molecule has 3 aromatic rings. The van der Waals surface area contributed by atoms with E-state index in [-0.39, 0.29) is 5.56 Å². The molecule has 0 saturated heterocycles. The molecular formula is C15H14BrN3OS. The lowest BCUT2D eigenvalue weighted by atomic mass is 10.2. The third-order valence-corrected chi connectivity index (χ3v) is 4.72. The maximum absolute atomic E-state index is 12.0. The molecule has 0 radical (unpaired) electrons. The second kappa shape index (κ2) is 6.09. The second-order valence-electron chi connectivity index (χ2n) is 4.90. The van der Waals surface area contributed by atoms with Crippen LogP contribution in [0.3, 0.4) is 0 Å². The predicted molar refractivity (Wildman–Crippen MR) is 88.7 cm³/mol. The van der Waals surface area contributed by atoms with Crippen molar-refractivity contribution in [2.75, 3.05) is 7.05 Å². The number of benzene rings is 1. The zero-order chi connectivity index (χ0) is 14.8. The van der Waals surface area contributed by atoms with Gasteiger partial charge in [0.15, 0.2) is 4.96 Å². The molecule has 0 amide bonds. The van der Waals surface area contributed by atoms with E-state index in [1.165, 1.54) is 16.9 Å². The van der Waals surface area contributed by atoms with E-state index < -0.39 is 0 Å². The Morgan fingerprint density at radius 1 is 1.33 bits per heavy atom. The number of hydrogen-bond donors (Lipinski definition) is 0. The van der Waals surface area contributed by atoms with Crippen molar-refractivity contribution in [3.63, 3.8) is 0 Å². The van der Waals surface area contributed by atoms with Crippen molar-refractivity contribution in [3.05, 3.63) is 68.0 Å². The molecule has 0 spiro atoms. The van der Waals surface area contributed by atoms with Crippen LogP contribution >= 0.6 is 27.3 Å².